The summed E-state index contributed by atoms with van der Waals surface area (Å²) in [5.74, 6) is -1.64. The van der Waals surface area contributed by atoms with Crippen LogP contribution in [0.25, 0.3) is 0 Å². The third-order valence-electron chi connectivity index (χ3n) is 2.65. The van der Waals surface area contributed by atoms with Crippen molar-refractivity contribution in [1.82, 2.24) is 10.3 Å². The molecule has 1 amide bonds. The van der Waals surface area contributed by atoms with Crippen LogP contribution in [-0.2, 0) is 19.1 Å². The number of pyridine rings is 1. The van der Waals surface area contributed by atoms with E-state index in [1.54, 1.807) is 0 Å². The first-order valence-corrected chi connectivity index (χ1v) is 6.42. The molecule has 1 heterocycles. The lowest BCUT2D eigenvalue weighted by Gasteiger charge is -2.15. The molecule has 0 aliphatic carbocycles. The van der Waals surface area contributed by atoms with E-state index in [2.05, 4.69) is 19.8 Å². The fourth-order valence-corrected chi connectivity index (χ4v) is 1.62. The Morgan fingerprint density at radius 3 is 2.52 bits per heavy atom. The van der Waals surface area contributed by atoms with E-state index in [0.717, 1.165) is 0 Å². The molecule has 1 atom stereocenters. The van der Waals surface area contributed by atoms with Crippen LogP contribution in [0.2, 0.25) is 5.15 Å². The van der Waals surface area contributed by atoms with E-state index in [4.69, 9.17) is 11.6 Å². The molecule has 0 bridgehead atoms. The molecule has 1 aromatic heterocycles. The highest BCUT2D eigenvalue weighted by Gasteiger charge is 2.23. The molecule has 114 valence electrons. The van der Waals surface area contributed by atoms with Crippen LogP contribution in [0.15, 0.2) is 18.3 Å². The van der Waals surface area contributed by atoms with Gasteiger partial charge in [-0.3, -0.25) is 9.59 Å². The highest BCUT2D eigenvalue weighted by Crippen LogP contribution is 2.07. The molecule has 0 aromatic carbocycles. The van der Waals surface area contributed by atoms with Gasteiger partial charge in [-0.1, -0.05) is 11.6 Å². The van der Waals surface area contributed by atoms with Crippen LogP contribution >= 0.6 is 11.6 Å². The number of methoxy groups -OCH3 is 2. The molecule has 1 rings (SSSR count). The van der Waals surface area contributed by atoms with Gasteiger partial charge < -0.3 is 14.8 Å². The van der Waals surface area contributed by atoms with Crippen LogP contribution in [-0.4, -0.2) is 43.1 Å². The Kier molecular flexibility index (Phi) is 6.61. The van der Waals surface area contributed by atoms with Crippen LogP contribution in [0, 0.1) is 0 Å². The maximum atomic E-state index is 12.0. The Hall–Kier alpha value is -2.15. The summed E-state index contributed by atoms with van der Waals surface area (Å²) in [6.45, 7) is 0. The minimum absolute atomic E-state index is 0.0184. The number of carbonyl (C=O) groups is 3. The monoisotopic (exact) mass is 314 g/mol. The first kappa shape index (κ1) is 16.9. The molecular weight excluding hydrogens is 300 g/mol. The molecule has 1 N–H and O–H groups in total. The topological polar surface area (TPSA) is 94.6 Å². The van der Waals surface area contributed by atoms with Crippen LogP contribution in [0.4, 0.5) is 0 Å². The van der Waals surface area contributed by atoms with E-state index in [9.17, 15) is 14.4 Å². The van der Waals surface area contributed by atoms with Crippen molar-refractivity contribution < 1.29 is 23.9 Å². The Bertz CT molecular complexity index is 518. The van der Waals surface area contributed by atoms with E-state index >= 15 is 0 Å². The second-order valence-corrected chi connectivity index (χ2v) is 4.42. The molecule has 21 heavy (non-hydrogen) atoms. The molecule has 8 heteroatoms. The van der Waals surface area contributed by atoms with Gasteiger partial charge in [0.15, 0.2) is 0 Å². The van der Waals surface area contributed by atoms with Crippen molar-refractivity contribution in [2.24, 2.45) is 0 Å². The summed E-state index contributed by atoms with van der Waals surface area (Å²) < 4.78 is 9.08. The van der Waals surface area contributed by atoms with Crippen LogP contribution in [0.3, 0.4) is 0 Å². The van der Waals surface area contributed by atoms with Gasteiger partial charge in [-0.2, -0.15) is 0 Å². The molecule has 0 unspecified atom stereocenters. The van der Waals surface area contributed by atoms with E-state index < -0.39 is 23.9 Å². The number of hydrogen-bond acceptors (Lipinski definition) is 6. The molecule has 0 saturated carbocycles. The van der Waals surface area contributed by atoms with Crippen molar-refractivity contribution in [3.05, 3.63) is 29.0 Å². The van der Waals surface area contributed by atoms with Crippen molar-refractivity contribution in [2.75, 3.05) is 14.2 Å². The van der Waals surface area contributed by atoms with Crippen molar-refractivity contribution in [1.29, 1.82) is 0 Å². The molecule has 0 aliphatic rings. The van der Waals surface area contributed by atoms with Gasteiger partial charge in [0.2, 0.25) is 0 Å². The number of esters is 2. The van der Waals surface area contributed by atoms with Crippen molar-refractivity contribution in [3.8, 4) is 0 Å². The van der Waals surface area contributed by atoms with Crippen LogP contribution in [0.5, 0.6) is 0 Å². The summed E-state index contributed by atoms with van der Waals surface area (Å²) in [5, 5.41) is 2.73. The summed E-state index contributed by atoms with van der Waals surface area (Å²) in [6, 6.07) is 1.98. The number of nitrogens with one attached hydrogen (secondary N) is 1. The minimum atomic E-state index is -0.947. The highest BCUT2D eigenvalue weighted by atomic mass is 35.5. The summed E-state index contributed by atoms with van der Waals surface area (Å²) >= 11 is 5.63. The predicted octanol–water partition coefficient (Wildman–Crippen LogP) is 0.960. The highest BCUT2D eigenvalue weighted by molar-refractivity contribution is 6.29. The number of rotatable bonds is 6. The fourth-order valence-electron chi connectivity index (χ4n) is 1.51. The number of hydrogen-bond donors (Lipinski definition) is 1. The number of ether oxygens (including phenoxy) is 2. The zero-order chi connectivity index (χ0) is 15.8. The molecule has 0 spiro atoms. The molecule has 0 saturated heterocycles. The zero-order valence-electron chi connectivity index (χ0n) is 11.6. The third kappa shape index (κ3) is 5.39. The predicted molar refractivity (Wildman–Crippen MR) is 73.8 cm³/mol. The van der Waals surface area contributed by atoms with Crippen molar-refractivity contribution in [3.63, 3.8) is 0 Å². The quantitative estimate of drug-likeness (QED) is 0.621. The summed E-state index contributed by atoms with van der Waals surface area (Å²) in [5.41, 5.74) is 0.242. The molecule has 0 radical (unpaired) electrons. The number of nitrogens with zero attached hydrogens (tertiary/aromatic N) is 1. The summed E-state index contributed by atoms with van der Waals surface area (Å²) in [6.07, 6.45) is 1.34. The van der Waals surface area contributed by atoms with Gasteiger partial charge in [0.05, 0.1) is 19.8 Å². The van der Waals surface area contributed by atoms with Gasteiger partial charge in [-0.15, -0.1) is 0 Å². The Balaban J connectivity index is 2.71. The van der Waals surface area contributed by atoms with E-state index in [-0.39, 0.29) is 23.6 Å². The lowest BCUT2D eigenvalue weighted by Crippen LogP contribution is -2.41. The normalized spacial score (nSPS) is 11.4. The van der Waals surface area contributed by atoms with Gasteiger partial charge in [-0.05, 0) is 18.6 Å². The molecule has 1 aromatic rings. The lowest BCUT2D eigenvalue weighted by atomic mass is 10.1. The average Bonchev–Trinajstić information content (AvgIpc) is 2.50. The Morgan fingerprint density at radius 1 is 1.29 bits per heavy atom. The lowest BCUT2D eigenvalue weighted by molar-refractivity contribution is -0.144. The fraction of sp³-hybridized carbons (Fsp3) is 0.385. The van der Waals surface area contributed by atoms with Gasteiger partial charge in [0.25, 0.3) is 5.91 Å². The largest absolute Gasteiger partial charge is 0.469 e. The SMILES string of the molecule is COC(=O)CC[C@H](NC(=O)c1ccc(Cl)nc1)C(=O)OC. The van der Waals surface area contributed by atoms with Gasteiger partial charge in [-0.25, -0.2) is 9.78 Å². The van der Waals surface area contributed by atoms with Crippen molar-refractivity contribution >= 4 is 29.4 Å². The minimum Gasteiger partial charge on any atom is -0.469 e. The maximum absolute atomic E-state index is 12.0. The van der Waals surface area contributed by atoms with E-state index in [1.165, 1.54) is 32.5 Å². The molecule has 7 nitrogen and oxygen atoms in total. The number of aromatic nitrogens is 1. The number of halogens is 1. The standard InChI is InChI=1S/C13H15ClN2O5/c1-20-11(17)6-4-9(13(19)21-2)16-12(18)8-3-5-10(14)15-7-8/h3,5,7,9H,4,6H2,1-2H3,(H,16,18)/t9-/m0/s1. The summed E-state index contributed by atoms with van der Waals surface area (Å²) in [7, 11) is 2.44. The Labute approximate surface area is 126 Å². The zero-order valence-corrected chi connectivity index (χ0v) is 12.3. The third-order valence-corrected chi connectivity index (χ3v) is 2.87. The molecule has 0 aliphatic heterocycles. The first-order chi connectivity index (χ1) is 9.97. The van der Waals surface area contributed by atoms with Crippen molar-refractivity contribution in [2.45, 2.75) is 18.9 Å². The number of amides is 1. The Morgan fingerprint density at radius 2 is 2.00 bits per heavy atom. The smallest absolute Gasteiger partial charge is 0.328 e. The van der Waals surface area contributed by atoms with Crippen LogP contribution < -0.4 is 5.32 Å². The van der Waals surface area contributed by atoms with Gasteiger partial charge >= 0.3 is 11.9 Å². The second-order valence-electron chi connectivity index (χ2n) is 4.03. The first-order valence-electron chi connectivity index (χ1n) is 6.05. The van der Waals surface area contributed by atoms with E-state index in [1.807, 2.05) is 0 Å². The molecular formula is C13H15ClN2O5. The van der Waals surface area contributed by atoms with Crippen LogP contribution in [0.1, 0.15) is 23.2 Å². The van der Waals surface area contributed by atoms with Gasteiger partial charge in [0, 0.05) is 12.6 Å². The maximum Gasteiger partial charge on any atom is 0.328 e. The second kappa shape index (κ2) is 8.21. The van der Waals surface area contributed by atoms with Gasteiger partial charge in [0.1, 0.15) is 11.2 Å². The molecule has 0 fully saturated rings. The average molecular weight is 315 g/mol. The number of carbonyl (C=O) groups excluding carboxylic acids is 3. The van der Waals surface area contributed by atoms with E-state index in [0.29, 0.717) is 0 Å². The summed E-state index contributed by atoms with van der Waals surface area (Å²) in [4.78, 5) is 38.5.